The number of phenols is 1. The summed E-state index contributed by atoms with van der Waals surface area (Å²) in [4.78, 5) is 38.0. The van der Waals surface area contributed by atoms with Crippen LogP contribution in [0.2, 0.25) is 0 Å². The van der Waals surface area contributed by atoms with Crippen LogP contribution < -0.4 is 26.6 Å². The number of fused-ring (bicyclic) bond motifs is 1. The van der Waals surface area contributed by atoms with Crippen LogP contribution in [0.4, 0.5) is 9.59 Å². The second-order valence-corrected chi connectivity index (χ2v) is 12.9. The smallest absolute Gasteiger partial charge is 0.315 e. The van der Waals surface area contributed by atoms with Crippen molar-refractivity contribution in [1.82, 2.24) is 46.5 Å². The van der Waals surface area contributed by atoms with Crippen LogP contribution in [0, 0.1) is 0 Å². The first-order chi connectivity index (χ1) is 21.8. The maximum absolute atomic E-state index is 12.3. The minimum Gasteiger partial charge on any atom is -0.508 e. The van der Waals surface area contributed by atoms with E-state index < -0.39 is 0 Å². The second kappa shape index (κ2) is 17.8. The summed E-state index contributed by atoms with van der Waals surface area (Å²) in [6.45, 7) is 2.79. The van der Waals surface area contributed by atoms with Gasteiger partial charge in [0.25, 0.3) is 0 Å². The molecule has 6 N–H and O–H groups in total. The summed E-state index contributed by atoms with van der Waals surface area (Å²) < 4.78 is 7.34. The summed E-state index contributed by atoms with van der Waals surface area (Å²) in [5.74, 6) is 1.22. The minimum absolute atomic E-state index is 0.0289. The molecule has 0 saturated carbocycles. The highest BCUT2D eigenvalue weighted by Crippen LogP contribution is 2.33. The van der Waals surface area contributed by atoms with Gasteiger partial charge in [-0.15, -0.1) is 5.10 Å². The molecule has 3 heterocycles. The third kappa shape index (κ3) is 11.7. The molecule has 1 aromatic carbocycles. The van der Waals surface area contributed by atoms with Crippen LogP contribution >= 0.6 is 11.8 Å². The van der Waals surface area contributed by atoms with E-state index in [2.05, 4.69) is 41.8 Å². The Morgan fingerprint density at radius 3 is 2.76 bits per heavy atom. The van der Waals surface area contributed by atoms with Gasteiger partial charge in [-0.05, 0) is 51.1 Å². The Balaban J connectivity index is 0.981. The summed E-state index contributed by atoms with van der Waals surface area (Å²) in [5.41, 5.74) is 1.86. The lowest BCUT2D eigenvalue weighted by molar-refractivity contribution is -0.121. The Labute approximate surface area is 268 Å². The quantitative estimate of drug-likeness (QED) is 0.0956. The van der Waals surface area contributed by atoms with Crippen LogP contribution in [0.5, 0.6) is 5.75 Å². The average Bonchev–Trinajstić information content (AvgIpc) is 3.72. The number of thioether (sulfide) groups is 1. The van der Waals surface area contributed by atoms with Gasteiger partial charge in [-0.3, -0.25) is 4.79 Å². The number of ether oxygens (including phenoxy) is 1. The van der Waals surface area contributed by atoms with Crippen molar-refractivity contribution in [2.75, 3.05) is 52.7 Å². The number of carbonyl (C=O) groups excluding carboxylic acids is 3. The van der Waals surface area contributed by atoms with Gasteiger partial charge in [-0.1, -0.05) is 23.8 Å². The molecule has 4 atom stereocenters. The average molecular weight is 646 g/mol. The molecule has 0 unspecified atom stereocenters. The topological polar surface area (TPSA) is 175 Å². The number of aromatic hydroxyl groups is 1. The van der Waals surface area contributed by atoms with E-state index in [9.17, 15) is 19.5 Å². The third-order valence-corrected chi connectivity index (χ3v) is 9.51. The van der Waals surface area contributed by atoms with E-state index in [1.54, 1.807) is 16.8 Å². The van der Waals surface area contributed by atoms with Crippen LogP contribution in [0.15, 0.2) is 30.5 Å². The number of hydrogen-bond donors (Lipinski definition) is 6. The number of amides is 5. The maximum atomic E-state index is 12.3. The van der Waals surface area contributed by atoms with Crippen LogP contribution in [0.25, 0.3) is 0 Å². The molecule has 248 valence electrons. The summed E-state index contributed by atoms with van der Waals surface area (Å²) in [7, 11) is 3.95. The van der Waals surface area contributed by atoms with Crippen molar-refractivity contribution in [2.45, 2.75) is 68.4 Å². The predicted octanol–water partition coefficient (Wildman–Crippen LogP) is 0.857. The van der Waals surface area contributed by atoms with E-state index in [1.807, 2.05) is 44.2 Å². The van der Waals surface area contributed by atoms with Crippen LogP contribution in [-0.2, 0) is 28.9 Å². The highest BCUT2D eigenvalue weighted by atomic mass is 32.2. The highest BCUT2D eigenvalue weighted by Gasteiger charge is 2.42. The predicted molar refractivity (Wildman–Crippen MR) is 172 cm³/mol. The molecule has 5 amide bonds. The highest BCUT2D eigenvalue weighted by molar-refractivity contribution is 8.00. The van der Waals surface area contributed by atoms with Crippen molar-refractivity contribution in [1.29, 1.82) is 0 Å². The van der Waals surface area contributed by atoms with Crippen LogP contribution in [0.1, 0.15) is 36.9 Å². The lowest BCUT2D eigenvalue weighted by atomic mass is 10.0. The molecule has 1 aromatic heterocycles. The zero-order chi connectivity index (χ0) is 32.0. The van der Waals surface area contributed by atoms with Crippen molar-refractivity contribution < 1.29 is 24.2 Å². The van der Waals surface area contributed by atoms with Crippen molar-refractivity contribution in [3.8, 4) is 5.75 Å². The summed E-state index contributed by atoms with van der Waals surface area (Å²) >= 11 is 1.90. The molecule has 15 heteroatoms. The molecular formula is C30H47N9O5S. The summed E-state index contributed by atoms with van der Waals surface area (Å²) in [6, 6.07) is 7.37. The number of rotatable bonds is 19. The molecule has 0 bridgehead atoms. The Morgan fingerprint density at radius 1 is 1.13 bits per heavy atom. The van der Waals surface area contributed by atoms with E-state index in [0.29, 0.717) is 57.5 Å². The summed E-state index contributed by atoms with van der Waals surface area (Å²) in [6.07, 6.45) is 6.43. The van der Waals surface area contributed by atoms with E-state index in [-0.39, 0.29) is 41.8 Å². The van der Waals surface area contributed by atoms with Gasteiger partial charge in [-0.2, -0.15) is 11.8 Å². The van der Waals surface area contributed by atoms with E-state index in [1.165, 1.54) is 0 Å². The van der Waals surface area contributed by atoms with Gasteiger partial charge in [-0.25, -0.2) is 14.3 Å². The number of hydrogen-bond acceptors (Lipinski definition) is 9. The second-order valence-electron chi connectivity index (χ2n) is 11.7. The first-order valence-electron chi connectivity index (χ1n) is 15.6. The van der Waals surface area contributed by atoms with Gasteiger partial charge in [0.05, 0.1) is 37.5 Å². The Hall–Kier alpha value is -3.56. The standard InChI is InChI=1S/C30H47N9O5S/c1-38(2)23(17-21-7-9-24(40)10-8-21)18-33-29(42)32-12-11-22-19-39(37-36-22)14-16-44-15-13-31-27(41)6-4-3-5-26-28-25(20-45-26)34-30(43)35-28/h7-10,19,23,25-26,28,40H,3-6,11-18,20H2,1-2H3,(H,31,41)(H2,32,33,42)(H2,34,35,43)/t23-,25-,26+,28-/m0/s1. The zero-order valence-corrected chi connectivity index (χ0v) is 27.0. The van der Waals surface area contributed by atoms with Gasteiger partial charge in [0.1, 0.15) is 5.75 Å². The SMILES string of the molecule is CN(C)[C@H](CNC(=O)NCCc1cn(CCOCCNC(=O)CCCC[C@H]2SC[C@@H]3NC(=O)N[C@@H]32)nn1)Cc1ccc(O)cc1. The van der Waals surface area contributed by atoms with Gasteiger partial charge >= 0.3 is 12.1 Å². The molecule has 45 heavy (non-hydrogen) atoms. The molecule has 4 rings (SSSR count). The lowest BCUT2D eigenvalue weighted by Crippen LogP contribution is -2.45. The Bertz CT molecular complexity index is 1230. The molecule has 2 saturated heterocycles. The number of nitrogens with zero attached hydrogens (tertiary/aromatic N) is 4. The normalized spacial score (nSPS) is 19.5. The van der Waals surface area contributed by atoms with Gasteiger partial charge in [0.2, 0.25) is 5.91 Å². The Morgan fingerprint density at radius 2 is 1.96 bits per heavy atom. The molecular weight excluding hydrogens is 598 g/mol. The van der Waals surface area contributed by atoms with Crippen molar-refractivity contribution in [3.63, 3.8) is 0 Å². The number of nitrogens with one attached hydrogen (secondary N) is 5. The maximum Gasteiger partial charge on any atom is 0.315 e. The number of unbranched alkanes of at least 4 members (excludes halogenated alkanes) is 1. The number of phenolic OH excluding ortho intramolecular Hbond substituents is 1. The van der Waals surface area contributed by atoms with Gasteiger partial charge < -0.3 is 41.3 Å². The number of aromatic nitrogens is 3. The molecule has 2 fully saturated rings. The lowest BCUT2D eigenvalue weighted by Gasteiger charge is -2.25. The molecule has 0 spiro atoms. The van der Waals surface area contributed by atoms with Crippen LogP contribution in [-0.4, -0.2) is 119 Å². The van der Waals surface area contributed by atoms with Crippen molar-refractivity contribution in [2.24, 2.45) is 0 Å². The number of likely N-dealkylation sites (N-methyl/N-ethyl adjacent to an activating group) is 1. The molecule has 0 aliphatic carbocycles. The fraction of sp³-hybridized carbons (Fsp3) is 0.633. The molecule has 0 radical (unpaired) electrons. The van der Waals surface area contributed by atoms with E-state index in [0.717, 1.165) is 42.7 Å². The molecule has 2 aromatic rings. The van der Waals surface area contributed by atoms with E-state index >= 15 is 0 Å². The van der Waals surface area contributed by atoms with Gasteiger partial charge in [0.15, 0.2) is 0 Å². The summed E-state index contributed by atoms with van der Waals surface area (Å²) in [5, 5.41) is 32.8. The van der Waals surface area contributed by atoms with Crippen molar-refractivity contribution in [3.05, 3.63) is 41.7 Å². The van der Waals surface area contributed by atoms with Crippen molar-refractivity contribution >= 4 is 29.7 Å². The Kier molecular flexibility index (Phi) is 13.6. The molecule has 2 aliphatic rings. The fourth-order valence-corrected chi connectivity index (χ4v) is 6.91. The largest absolute Gasteiger partial charge is 0.508 e. The van der Waals surface area contributed by atoms with Gasteiger partial charge in [0, 0.05) is 55.7 Å². The third-order valence-electron chi connectivity index (χ3n) is 8.00. The number of benzene rings is 1. The molecule has 14 nitrogen and oxygen atoms in total. The van der Waals surface area contributed by atoms with Crippen LogP contribution in [0.3, 0.4) is 0 Å². The number of urea groups is 2. The fourth-order valence-electron chi connectivity index (χ4n) is 5.37. The first kappa shape index (κ1) is 34.3. The monoisotopic (exact) mass is 645 g/mol. The minimum atomic E-state index is -0.236. The van der Waals surface area contributed by atoms with E-state index in [4.69, 9.17) is 4.74 Å². The zero-order valence-electron chi connectivity index (χ0n) is 26.2. The first-order valence-corrected chi connectivity index (χ1v) is 16.7. The number of carbonyl (C=O) groups is 3. The molecule has 2 aliphatic heterocycles.